The minimum Gasteiger partial charge on any atom is -0.360 e. The van der Waals surface area contributed by atoms with E-state index in [4.69, 9.17) is 10.1 Å². The van der Waals surface area contributed by atoms with Crippen LogP contribution in [0, 0.1) is 0 Å². The lowest BCUT2D eigenvalue weighted by Crippen LogP contribution is -2.25. The smallest absolute Gasteiger partial charge is 0.284 e. The van der Waals surface area contributed by atoms with Gasteiger partial charge >= 0.3 is 0 Å². The van der Waals surface area contributed by atoms with Crippen LogP contribution in [0.4, 0.5) is 0 Å². The van der Waals surface area contributed by atoms with Crippen LogP contribution in [-0.2, 0) is 6.42 Å². The lowest BCUT2D eigenvalue weighted by molar-refractivity contribution is 0.700. The van der Waals surface area contributed by atoms with Gasteiger partial charge in [0, 0.05) is 39.4 Å². The van der Waals surface area contributed by atoms with Crippen molar-refractivity contribution in [3.8, 4) is 11.1 Å². The van der Waals surface area contributed by atoms with Crippen molar-refractivity contribution in [1.29, 1.82) is 0 Å². The Morgan fingerprint density at radius 3 is 2.81 bits per heavy atom. The molecule has 5 nitrogen and oxygen atoms in total. The molecule has 0 radical (unpaired) electrons. The number of H-pyrrole nitrogens is 1. The van der Waals surface area contributed by atoms with Crippen LogP contribution < -0.4 is 5.56 Å². The molecule has 1 N–H and O–H groups in total. The van der Waals surface area contributed by atoms with Crippen molar-refractivity contribution < 1.29 is 0 Å². The van der Waals surface area contributed by atoms with Crippen molar-refractivity contribution in [2.24, 2.45) is 5.10 Å². The lowest BCUT2D eigenvalue weighted by Gasteiger charge is -2.15. The van der Waals surface area contributed by atoms with Gasteiger partial charge in [-0.25, -0.2) is 4.98 Å². The topological polar surface area (TPSA) is 63.0 Å². The molecule has 5 aromatic rings. The number of rotatable bonds is 3. The minimum atomic E-state index is -0.112. The van der Waals surface area contributed by atoms with Crippen molar-refractivity contribution in [2.75, 3.05) is 5.75 Å². The monoisotopic (exact) mass is 442 g/mol. The predicted molar refractivity (Wildman–Crippen MR) is 130 cm³/mol. The molecule has 0 bridgehead atoms. The summed E-state index contributed by atoms with van der Waals surface area (Å²) in [7, 11) is 0. The summed E-state index contributed by atoms with van der Waals surface area (Å²) in [4.78, 5) is 22.4. The van der Waals surface area contributed by atoms with Crippen molar-refractivity contribution in [2.45, 2.75) is 18.5 Å². The van der Waals surface area contributed by atoms with E-state index in [2.05, 4.69) is 30.1 Å². The van der Waals surface area contributed by atoms with E-state index in [-0.39, 0.29) is 5.56 Å². The second-order valence-electron chi connectivity index (χ2n) is 7.44. The summed E-state index contributed by atoms with van der Waals surface area (Å²) in [5.74, 6) is 0.679. The first-order valence-electron chi connectivity index (χ1n) is 10.1. The largest absolute Gasteiger partial charge is 0.360 e. The molecule has 1 aliphatic heterocycles. The number of hydrogen-bond acceptors (Lipinski definition) is 5. The summed E-state index contributed by atoms with van der Waals surface area (Å²) in [6, 6.07) is 16.3. The number of thiophene rings is 1. The van der Waals surface area contributed by atoms with Crippen LogP contribution in [0.3, 0.4) is 0 Å². The summed E-state index contributed by atoms with van der Waals surface area (Å²) in [6.45, 7) is 2.15. The minimum absolute atomic E-state index is 0.112. The van der Waals surface area contributed by atoms with Crippen LogP contribution in [0.15, 0.2) is 75.2 Å². The molecule has 152 valence electrons. The van der Waals surface area contributed by atoms with Gasteiger partial charge in [-0.15, -0.1) is 11.3 Å². The first-order valence-corrected chi connectivity index (χ1v) is 12.0. The summed E-state index contributed by atoms with van der Waals surface area (Å²) in [5.41, 5.74) is 6.17. The fourth-order valence-electron chi connectivity index (χ4n) is 4.14. The van der Waals surface area contributed by atoms with Crippen LogP contribution in [0.5, 0.6) is 0 Å². The van der Waals surface area contributed by atoms with Gasteiger partial charge in [0.25, 0.3) is 5.56 Å². The van der Waals surface area contributed by atoms with E-state index in [1.165, 1.54) is 21.6 Å². The van der Waals surface area contributed by atoms with Gasteiger partial charge in [0.2, 0.25) is 0 Å². The Morgan fingerprint density at radius 1 is 1.10 bits per heavy atom. The molecule has 2 aromatic carbocycles. The number of para-hydroxylation sites is 1. The Morgan fingerprint density at radius 2 is 1.97 bits per heavy atom. The summed E-state index contributed by atoms with van der Waals surface area (Å²) in [6.07, 6.45) is 2.97. The van der Waals surface area contributed by atoms with E-state index in [0.29, 0.717) is 16.3 Å². The molecule has 1 aliphatic rings. The van der Waals surface area contributed by atoms with E-state index >= 15 is 0 Å². The van der Waals surface area contributed by atoms with Crippen LogP contribution in [-0.4, -0.2) is 26.1 Å². The van der Waals surface area contributed by atoms with Gasteiger partial charge in [-0.2, -0.15) is 9.78 Å². The molecule has 0 amide bonds. The molecule has 3 aromatic heterocycles. The molecule has 0 saturated carbocycles. The number of hydrogen-bond donors (Lipinski definition) is 1. The maximum Gasteiger partial charge on any atom is 0.284 e. The molecule has 0 aliphatic carbocycles. The summed E-state index contributed by atoms with van der Waals surface area (Å²) in [5, 5.41) is 9.23. The highest BCUT2D eigenvalue weighted by molar-refractivity contribution is 7.99. The third-order valence-corrected chi connectivity index (χ3v) is 7.51. The normalized spacial score (nSPS) is 13.5. The second-order valence-corrected chi connectivity index (χ2v) is 9.24. The fraction of sp³-hybridized carbons (Fsp3) is 0.125. The highest BCUT2D eigenvalue weighted by atomic mass is 32.2. The van der Waals surface area contributed by atoms with Gasteiger partial charge in [0.15, 0.2) is 5.16 Å². The predicted octanol–water partition coefficient (Wildman–Crippen LogP) is 5.53. The molecule has 0 spiro atoms. The molecular formula is C24H18N4OS2. The molecule has 6 rings (SSSR count). The molecule has 0 atom stereocenters. The van der Waals surface area contributed by atoms with E-state index in [0.717, 1.165) is 44.6 Å². The number of nitrogens with one attached hydrogen (secondary N) is 1. The molecule has 0 saturated heterocycles. The highest BCUT2D eigenvalue weighted by Gasteiger charge is 2.23. The van der Waals surface area contributed by atoms with E-state index in [1.54, 1.807) is 11.8 Å². The van der Waals surface area contributed by atoms with Crippen molar-refractivity contribution in [1.82, 2.24) is 14.6 Å². The van der Waals surface area contributed by atoms with E-state index < -0.39 is 0 Å². The number of aromatic nitrogens is 3. The van der Waals surface area contributed by atoms with Crippen LogP contribution in [0.2, 0.25) is 0 Å². The van der Waals surface area contributed by atoms with Gasteiger partial charge in [-0.05, 0) is 17.5 Å². The number of aryl methyl sites for hydroxylation is 1. The van der Waals surface area contributed by atoms with Crippen molar-refractivity contribution in [3.05, 3.63) is 81.6 Å². The van der Waals surface area contributed by atoms with Crippen LogP contribution in [0.1, 0.15) is 18.1 Å². The lowest BCUT2D eigenvalue weighted by atomic mass is 10.1. The summed E-state index contributed by atoms with van der Waals surface area (Å²) >= 11 is 3.07. The molecule has 0 unspecified atom stereocenters. The van der Waals surface area contributed by atoms with Crippen molar-refractivity contribution >= 4 is 49.9 Å². The zero-order valence-electron chi connectivity index (χ0n) is 16.8. The Bertz CT molecular complexity index is 1540. The van der Waals surface area contributed by atoms with Gasteiger partial charge in [0.05, 0.1) is 11.1 Å². The Balaban J connectivity index is 1.55. The molecule has 7 heteroatoms. The van der Waals surface area contributed by atoms with Crippen LogP contribution >= 0.6 is 23.1 Å². The first-order chi connectivity index (χ1) is 15.2. The Labute approximate surface area is 186 Å². The van der Waals surface area contributed by atoms with Gasteiger partial charge in [-0.3, -0.25) is 4.79 Å². The highest BCUT2D eigenvalue weighted by Crippen LogP contribution is 2.33. The van der Waals surface area contributed by atoms with Gasteiger partial charge in [0.1, 0.15) is 4.83 Å². The third kappa shape index (κ3) is 2.88. The maximum absolute atomic E-state index is 13.5. The molecule has 4 heterocycles. The average Bonchev–Trinajstić information content (AvgIpc) is 3.44. The number of nitrogens with zero attached hydrogens (tertiary/aromatic N) is 3. The Kier molecular flexibility index (Phi) is 4.33. The molecule has 0 fully saturated rings. The zero-order chi connectivity index (χ0) is 20.9. The third-order valence-electron chi connectivity index (χ3n) is 5.69. The summed E-state index contributed by atoms with van der Waals surface area (Å²) < 4.78 is 1.48. The maximum atomic E-state index is 13.5. The number of benzene rings is 2. The fourth-order valence-corrected chi connectivity index (χ4v) is 6.02. The Hall–Kier alpha value is -3.16. The van der Waals surface area contributed by atoms with E-state index in [1.807, 2.05) is 41.9 Å². The number of aromatic amines is 1. The van der Waals surface area contributed by atoms with E-state index in [9.17, 15) is 4.79 Å². The SMILES string of the molecule is CCc1cccc2c(C3=Nn4c(nc5scc(-c6ccccc6)c5c4=O)SC3)c[nH]c12. The number of fused-ring (bicyclic) bond motifs is 3. The van der Waals surface area contributed by atoms with Gasteiger partial charge in [-0.1, -0.05) is 67.2 Å². The second kappa shape index (κ2) is 7.21. The van der Waals surface area contributed by atoms with Crippen LogP contribution in [0.25, 0.3) is 32.2 Å². The first kappa shape index (κ1) is 18.6. The molecule has 31 heavy (non-hydrogen) atoms. The van der Waals surface area contributed by atoms with Gasteiger partial charge < -0.3 is 4.98 Å². The average molecular weight is 443 g/mol. The quantitative estimate of drug-likeness (QED) is 0.374. The zero-order valence-corrected chi connectivity index (χ0v) is 18.4. The molecular weight excluding hydrogens is 424 g/mol. The standard InChI is InChI=1S/C24H18N4OS2/c1-2-14-9-6-10-16-17(11-25-21(14)16)19-13-31-24-26-22-20(23(29)28(24)27-19)18(12-30-22)15-7-4-3-5-8-15/h3-12,25H,2,13H2,1H3. The number of thioether (sulfide) groups is 1. The van der Waals surface area contributed by atoms with Crippen molar-refractivity contribution in [3.63, 3.8) is 0 Å².